The van der Waals surface area contributed by atoms with Crippen molar-refractivity contribution in [3.05, 3.63) is 18.2 Å². The van der Waals surface area contributed by atoms with Crippen LogP contribution < -0.4 is 15.0 Å². The van der Waals surface area contributed by atoms with Gasteiger partial charge >= 0.3 is 0 Å². The first kappa shape index (κ1) is 9.19. The summed E-state index contributed by atoms with van der Waals surface area (Å²) in [6.45, 7) is 4.92. The van der Waals surface area contributed by atoms with Gasteiger partial charge in [-0.3, -0.25) is 0 Å². The van der Waals surface area contributed by atoms with Crippen LogP contribution in [0.2, 0.25) is 0 Å². The van der Waals surface area contributed by atoms with Gasteiger partial charge in [0.2, 0.25) is 0 Å². The first-order valence-electron chi connectivity index (χ1n) is 4.91. The fourth-order valence-corrected chi connectivity index (χ4v) is 1.60. The number of nitrogens with one attached hydrogen (secondary N) is 1. The van der Waals surface area contributed by atoms with Crippen molar-refractivity contribution in [2.45, 2.75) is 19.9 Å². The lowest BCUT2D eigenvalue weighted by Gasteiger charge is -2.12. The number of fused-ring (bicyclic) bond motifs is 1. The fourth-order valence-electron chi connectivity index (χ4n) is 1.60. The molecular weight excluding hydrogens is 176 g/mol. The van der Waals surface area contributed by atoms with Gasteiger partial charge in [-0.15, -0.1) is 0 Å². The largest absolute Gasteiger partial charge is 0.471 e. The maximum absolute atomic E-state index is 5.47. The minimum atomic E-state index is 0.459. The molecule has 3 heteroatoms. The van der Waals surface area contributed by atoms with Crippen LogP contribution in [0.3, 0.4) is 0 Å². The summed E-state index contributed by atoms with van der Waals surface area (Å²) in [5.74, 6) is 0.974. The zero-order valence-corrected chi connectivity index (χ0v) is 8.87. The third-order valence-electron chi connectivity index (χ3n) is 2.24. The van der Waals surface area contributed by atoms with E-state index in [2.05, 4.69) is 36.2 Å². The van der Waals surface area contributed by atoms with E-state index < -0.39 is 0 Å². The Morgan fingerprint density at radius 1 is 1.43 bits per heavy atom. The van der Waals surface area contributed by atoms with E-state index in [1.54, 1.807) is 0 Å². The van der Waals surface area contributed by atoms with E-state index in [4.69, 9.17) is 4.74 Å². The molecule has 2 rings (SSSR count). The zero-order chi connectivity index (χ0) is 10.1. The molecule has 0 saturated heterocycles. The van der Waals surface area contributed by atoms with Gasteiger partial charge in [0.15, 0.2) is 6.73 Å². The van der Waals surface area contributed by atoms with E-state index in [-0.39, 0.29) is 0 Å². The van der Waals surface area contributed by atoms with Crippen molar-refractivity contribution in [3.8, 4) is 5.75 Å². The van der Waals surface area contributed by atoms with Gasteiger partial charge in [0, 0.05) is 18.8 Å². The van der Waals surface area contributed by atoms with E-state index in [0.29, 0.717) is 12.8 Å². The van der Waals surface area contributed by atoms with Gasteiger partial charge in [-0.2, -0.15) is 0 Å². The molecule has 1 heterocycles. The molecule has 1 N–H and O–H groups in total. The molecule has 1 aromatic carbocycles. The molecule has 76 valence electrons. The molecule has 0 atom stereocenters. The minimum Gasteiger partial charge on any atom is -0.471 e. The molecule has 14 heavy (non-hydrogen) atoms. The normalized spacial score (nSPS) is 14.1. The number of nitrogens with zero attached hydrogens (tertiary/aromatic N) is 1. The molecule has 1 aliphatic rings. The highest BCUT2D eigenvalue weighted by atomic mass is 16.5. The summed E-state index contributed by atoms with van der Waals surface area (Å²) in [6.07, 6.45) is 0. The van der Waals surface area contributed by atoms with Crippen molar-refractivity contribution in [3.63, 3.8) is 0 Å². The quantitative estimate of drug-likeness (QED) is 0.778. The van der Waals surface area contributed by atoms with Crippen LogP contribution in [-0.4, -0.2) is 19.8 Å². The first-order chi connectivity index (χ1) is 6.66. The predicted octanol–water partition coefficient (Wildman–Crippen LogP) is 2.29. The van der Waals surface area contributed by atoms with Crippen molar-refractivity contribution >= 4 is 11.4 Å². The van der Waals surface area contributed by atoms with Crippen molar-refractivity contribution in [1.82, 2.24) is 0 Å². The smallest absolute Gasteiger partial charge is 0.161 e. The van der Waals surface area contributed by atoms with Crippen LogP contribution in [0.25, 0.3) is 0 Å². The Morgan fingerprint density at radius 3 is 2.93 bits per heavy atom. The van der Waals surface area contributed by atoms with E-state index in [1.807, 2.05) is 13.1 Å². The van der Waals surface area contributed by atoms with Gasteiger partial charge < -0.3 is 15.0 Å². The second-order valence-corrected chi connectivity index (χ2v) is 3.95. The average Bonchev–Trinajstić information content (AvgIpc) is 2.47. The highest BCUT2D eigenvalue weighted by molar-refractivity contribution is 5.67. The SMILES string of the molecule is CC(C)Nc1ccc2c(c1)N(C)CO2. The lowest BCUT2D eigenvalue weighted by Crippen LogP contribution is -2.15. The number of hydrogen-bond donors (Lipinski definition) is 1. The summed E-state index contributed by atoms with van der Waals surface area (Å²) in [5.41, 5.74) is 2.31. The van der Waals surface area contributed by atoms with E-state index in [1.165, 1.54) is 0 Å². The Labute approximate surface area is 84.7 Å². The molecule has 1 aliphatic heterocycles. The van der Waals surface area contributed by atoms with Crippen LogP contribution in [0.1, 0.15) is 13.8 Å². The molecular formula is C11H16N2O. The van der Waals surface area contributed by atoms with E-state index in [0.717, 1.165) is 17.1 Å². The van der Waals surface area contributed by atoms with E-state index >= 15 is 0 Å². The van der Waals surface area contributed by atoms with Gasteiger partial charge in [0.25, 0.3) is 0 Å². The summed E-state index contributed by atoms with van der Waals surface area (Å²) in [4.78, 5) is 2.10. The molecule has 0 amide bonds. The van der Waals surface area contributed by atoms with Crippen molar-refractivity contribution in [1.29, 1.82) is 0 Å². The third-order valence-corrected chi connectivity index (χ3v) is 2.24. The molecule has 3 nitrogen and oxygen atoms in total. The summed E-state index contributed by atoms with van der Waals surface area (Å²) >= 11 is 0. The molecule has 0 aliphatic carbocycles. The van der Waals surface area contributed by atoms with Gasteiger partial charge in [0.1, 0.15) is 5.75 Å². The maximum atomic E-state index is 5.47. The molecule has 0 radical (unpaired) electrons. The molecule has 0 spiro atoms. The van der Waals surface area contributed by atoms with Gasteiger partial charge in [0.05, 0.1) is 5.69 Å². The third kappa shape index (κ3) is 1.62. The number of rotatable bonds is 2. The lowest BCUT2D eigenvalue weighted by atomic mass is 10.2. The highest BCUT2D eigenvalue weighted by Gasteiger charge is 2.16. The Morgan fingerprint density at radius 2 is 2.21 bits per heavy atom. The summed E-state index contributed by atoms with van der Waals surface area (Å²) in [7, 11) is 2.03. The maximum Gasteiger partial charge on any atom is 0.161 e. The summed E-state index contributed by atoms with van der Waals surface area (Å²) < 4.78 is 5.47. The van der Waals surface area contributed by atoms with E-state index in [9.17, 15) is 0 Å². The Hall–Kier alpha value is -1.38. The van der Waals surface area contributed by atoms with Gasteiger partial charge in [-0.25, -0.2) is 0 Å². The van der Waals surface area contributed by atoms with Gasteiger partial charge in [-0.05, 0) is 32.0 Å². The molecule has 0 bridgehead atoms. The molecule has 0 unspecified atom stereocenters. The predicted molar refractivity (Wildman–Crippen MR) is 59.1 cm³/mol. The standard InChI is InChI=1S/C11H16N2O/c1-8(2)12-9-4-5-11-10(6-9)13(3)7-14-11/h4-6,8,12H,7H2,1-3H3. The highest BCUT2D eigenvalue weighted by Crippen LogP contribution is 2.35. The van der Waals surface area contributed by atoms with Gasteiger partial charge in [-0.1, -0.05) is 0 Å². The van der Waals surface area contributed by atoms with Crippen LogP contribution in [-0.2, 0) is 0 Å². The van der Waals surface area contributed by atoms with Crippen LogP contribution in [0, 0.1) is 0 Å². The Kier molecular flexibility index (Phi) is 2.23. The average molecular weight is 192 g/mol. The van der Waals surface area contributed by atoms with Crippen LogP contribution in [0.4, 0.5) is 11.4 Å². The van der Waals surface area contributed by atoms with Crippen LogP contribution in [0.15, 0.2) is 18.2 Å². The molecule has 1 aromatic rings. The first-order valence-corrected chi connectivity index (χ1v) is 4.91. The molecule has 0 fully saturated rings. The number of ether oxygens (including phenoxy) is 1. The number of hydrogen-bond acceptors (Lipinski definition) is 3. The Balaban J connectivity index is 2.26. The summed E-state index contributed by atoms with van der Waals surface area (Å²) in [6, 6.07) is 6.66. The Bertz CT molecular complexity index is 336. The topological polar surface area (TPSA) is 24.5 Å². The van der Waals surface area contributed by atoms with Crippen molar-refractivity contribution < 1.29 is 4.74 Å². The second-order valence-electron chi connectivity index (χ2n) is 3.95. The lowest BCUT2D eigenvalue weighted by molar-refractivity contribution is 0.353. The van der Waals surface area contributed by atoms with Crippen molar-refractivity contribution in [2.24, 2.45) is 0 Å². The second kappa shape index (κ2) is 3.40. The zero-order valence-electron chi connectivity index (χ0n) is 8.87. The number of anilines is 2. The van der Waals surface area contributed by atoms with Crippen molar-refractivity contribution in [2.75, 3.05) is 24.0 Å². The van der Waals surface area contributed by atoms with Crippen LogP contribution in [0.5, 0.6) is 5.75 Å². The number of benzene rings is 1. The monoisotopic (exact) mass is 192 g/mol. The fraction of sp³-hybridized carbons (Fsp3) is 0.455. The molecule has 0 aromatic heterocycles. The minimum absolute atomic E-state index is 0.459. The van der Waals surface area contributed by atoms with Crippen LogP contribution >= 0.6 is 0 Å². The molecule has 0 saturated carbocycles. The summed E-state index contributed by atoms with van der Waals surface area (Å²) in [5, 5.41) is 3.37.